The van der Waals surface area contributed by atoms with Crippen LogP contribution in [-0.2, 0) is 4.79 Å². The number of amides is 1. The van der Waals surface area contributed by atoms with Gasteiger partial charge in [-0.1, -0.05) is 24.3 Å². The molecule has 1 aliphatic heterocycles. The topological polar surface area (TPSA) is 108 Å². The van der Waals surface area contributed by atoms with E-state index >= 15 is 0 Å². The lowest BCUT2D eigenvalue weighted by molar-refractivity contribution is -0.124. The fraction of sp³-hybridized carbons (Fsp3) is 0.241. The van der Waals surface area contributed by atoms with Gasteiger partial charge in [-0.25, -0.2) is 9.97 Å². The first-order valence-electron chi connectivity index (χ1n) is 12.8. The van der Waals surface area contributed by atoms with Crippen molar-refractivity contribution in [2.45, 2.75) is 18.9 Å². The molecule has 9 nitrogen and oxygen atoms in total. The van der Waals surface area contributed by atoms with Crippen LogP contribution in [0.4, 0.5) is 11.5 Å². The first-order chi connectivity index (χ1) is 18.6. The molecule has 0 atom stereocenters. The molecule has 5 aromatic rings. The average Bonchev–Trinajstić information content (AvgIpc) is 3.41. The van der Waals surface area contributed by atoms with E-state index < -0.39 is 0 Å². The van der Waals surface area contributed by atoms with Gasteiger partial charge in [0.1, 0.15) is 11.6 Å². The van der Waals surface area contributed by atoms with Gasteiger partial charge in [0.25, 0.3) is 5.91 Å². The number of hydrogen-bond acceptors (Lipinski definition) is 7. The molecule has 3 aromatic carbocycles. The molecule has 0 spiro atoms. The summed E-state index contributed by atoms with van der Waals surface area (Å²) in [6, 6.07) is 21.7. The van der Waals surface area contributed by atoms with Gasteiger partial charge < -0.3 is 20.3 Å². The molecule has 3 heterocycles. The monoisotopic (exact) mass is 507 g/mol. The molecule has 2 aromatic heterocycles. The highest BCUT2D eigenvalue weighted by molar-refractivity contribution is 5.93. The summed E-state index contributed by atoms with van der Waals surface area (Å²) in [6.07, 6.45) is 3.72. The Morgan fingerprint density at radius 1 is 1.05 bits per heavy atom. The number of nitrogens with zero attached hydrogens (tertiary/aromatic N) is 4. The predicted molar refractivity (Wildman–Crippen MR) is 149 cm³/mol. The number of ether oxygens (including phenoxy) is 1. The molecule has 6 rings (SSSR count). The van der Waals surface area contributed by atoms with E-state index in [4.69, 9.17) is 14.7 Å². The van der Waals surface area contributed by atoms with E-state index in [2.05, 4.69) is 32.8 Å². The Bertz CT molecular complexity index is 1590. The maximum atomic E-state index is 12.5. The lowest BCUT2D eigenvalue weighted by Crippen LogP contribution is -2.44. The molecule has 1 amide bonds. The van der Waals surface area contributed by atoms with Crippen molar-refractivity contribution < 1.29 is 9.53 Å². The fourth-order valence-electron chi connectivity index (χ4n) is 4.75. The Balaban J connectivity index is 1.21. The van der Waals surface area contributed by atoms with E-state index in [1.807, 2.05) is 66.7 Å². The zero-order valence-corrected chi connectivity index (χ0v) is 21.1. The minimum atomic E-state index is -0.104. The zero-order chi connectivity index (χ0) is 25.9. The number of carbonyl (C=O) groups is 1. The van der Waals surface area contributed by atoms with Gasteiger partial charge in [-0.3, -0.25) is 9.89 Å². The molecule has 0 bridgehead atoms. The van der Waals surface area contributed by atoms with Crippen molar-refractivity contribution in [1.29, 1.82) is 0 Å². The summed E-state index contributed by atoms with van der Waals surface area (Å²) >= 11 is 0. The van der Waals surface area contributed by atoms with Gasteiger partial charge in [0.2, 0.25) is 0 Å². The summed E-state index contributed by atoms with van der Waals surface area (Å²) in [4.78, 5) is 24.4. The van der Waals surface area contributed by atoms with Crippen LogP contribution in [0.5, 0.6) is 5.75 Å². The van der Waals surface area contributed by atoms with Crippen molar-refractivity contribution in [3.05, 3.63) is 72.9 Å². The van der Waals surface area contributed by atoms with Gasteiger partial charge in [0.05, 0.1) is 17.2 Å². The van der Waals surface area contributed by atoms with Crippen LogP contribution >= 0.6 is 0 Å². The van der Waals surface area contributed by atoms with Gasteiger partial charge in [0.15, 0.2) is 12.4 Å². The third-order valence-electron chi connectivity index (χ3n) is 6.85. The second-order valence-electron chi connectivity index (χ2n) is 9.67. The SMILES string of the molecule is CN1CCC(NC(=O)COc2cccc(-c3nc(Nc4ccc5[nH]ncc5c4)c4ccccc4n3)c2)CC1. The summed E-state index contributed by atoms with van der Waals surface area (Å²) in [5, 5.41) is 15.5. The van der Waals surface area contributed by atoms with Gasteiger partial charge in [-0.05, 0) is 75.4 Å². The molecule has 9 heteroatoms. The number of piperidine rings is 1. The summed E-state index contributed by atoms with van der Waals surface area (Å²) in [6.45, 7) is 1.96. The number of H-pyrrole nitrogens is 1. The quantitative estimate of drug-likeness (QED) is 0.298. The van der Waals surface area contributed by atoms with Crippen molar-refractivity contribution in [3.63, 3.8) is 0 Å². The number of hydrogen-bond donors (Lipinski definition) is 3. The first kappa shape index (κ1) is 23.9. The van der Waals surface area contributed by atoms with Crippen LogP contribution in [0.3, 0.4) is 0 Å². The number of rotatable bonds is 7. The molecular formula is C29H29N7O2. The minimum absolute atomic E-state index is 0.0301. The molecule has 192 valence electrons. The van der Waals surface area contributed by atoms with Crippen molar-refractivity contribution in [3.8, 4) is 17.1 Å². The second kappa shape index (κ2) is 10.5. The van der Waals surface area contributed by atoms with Gasteiger partial charge >= 0.3 is 0 Å². The first-order valence-corrected chi connectivity index (χ1v) is 12.8. The molecule has 1 saturated heterocycles. The molecule has 0 saturated carbocycles. The van der Waals surface area contributed by atoms with Gasteiger partial charge in [0, 0.05) is 28.1 Å². The number of carbonyl (C=O) groups excluding carboxylic acids is 1. The van der Waals surface area contributed by atoms with Crippen LogP contribution in [0.2, 0.25) is 0 Å². The van der Waals surface area contributed by atoms with E-state index in [0.29, 0.717) is 17.4 Å². The molecule has 3 N–H and O–H groups in total. The van der Waals surface area contributed by atoms with E-state index in [0.717, 1.165) is 59.0 Å². The number of anilines is 2. The standard InChI is InChI=1S/C29H29N7O2/c1-36-13-11-21(12-14-36)31-27(37)18-38-23-6-4-5-19(16-23)28-33-26-8-3-2-7-24(26)29(34-28)32-22-9-10-25-20(15-22)17-30-35-25/h2-10,15-17,21H,11-14,18H2,1H3,(H,30,35)(H,31,37)(H,32,33,34). The molecule has 1 aliphatic rings. The summed E-state index contributed by atoms with van der Waals surface area (Å²) in [7, 11) is 2.10. The van der Waals surface area contributed by atoms with E-state index in [9.17, 15) is 4.79 Å². The molecular weight excluding hydrogens is 478 g/mol. The number of nitrogens with one attached hydrogen (secondary N) is 3. The minimum Gasteiger partial charge on any atom is -0.484 e. The highest BCUT2D eigenvalue weighted by Crippen LogP contribution is 2.29. The maximum absolute atomic E-state index is 12.5. The van der Waals surface area contributed by atoms with Crippen LogP contribution < -0.4 is 15.4 Å². The van der Waals surface area contributed by atoms with Gasteiger partial charge in [-0.2, -0.15) is 5.10 Å². The van der Waals surface area contributed by atoms with E-state index in [1.54, 1.807) is 6.20 Å². The molecule has 0 unspecified atom stereocenters. The highest BCUT2D eigenvalue weighted by Gasteiger charge is 2.18. The third kappa shape index (κ3) is 5.28. The van der Waals surface area contributed by atoms with Gasteiger partial charge in [-0.15, -0.1) is 0 Å². The number of aromatic amines is 1. The average molecular weight is 508 g/mol. The maximum Gasteiger partial charge on any atom is 0.258 e. The van der Waals surface area contributed by atoms with Crippen molar-refractivity contribution in [2.24, 2.45) is 0 Å². The number of likely N-dealkylation sites (tertiary alicyclic amines) is 1. The number of benzene rings is 3. The third-order valence-corrected chi connectivity index (χ3v) is 6.85. The van der Waals surface area contributed by atoms with Crippen LogP contribution in [-0.4, -0.2) is 63.8 Å². The molecule has 38 heavy (non-hydrogen) atoms. The number of aromatic nitrogens is 4. The van der Waals surface area contributed by atoms with Crippen molar-refractivity contribution in [2.75, 3.05) is 32.1 Å². The molecule has 1 fully saturated rings. The van der Waals surface area contributed by atoms with Crippen LogP contribution in [0, 0.1) is 0 Å². The van der Waals surface area contributed by atoms with Crippen LogP contribution in [0.1, 0.15) is 12.8 Å². The Morgan fingerprint density at radius 3 is 2.82 bits per heavy atom. The van der Waals surface area contributed by atoms with Crippen molar-refractivity contribution in [1.82, 2.24) is 30.4 Å². The van der Waals surface area contributed by atoms with Crippen molar-refractivity contribution >= 4 is 39.2 Å². The van der Waals surface area contributed by atoms with Crippen LogP contribution in [0.15, 0.2) is 72.9 Å². The summed E-state index contributed by atoms with van der Waals surface area (Å²) in [5.41, 5.74) is 3.51. The Morgan fingerprint density at radius 2 is 1.92 bits per heavy atom. The number of fused-ring (bicyclic) bond motifs is 2. The van der Waals surface area contributed by atoms with E-state index in [-0.39, 0.29) is 18.6 Å². The van der Waals surface area contributed by atoms with E-state index in [1.165, 1.54) is 0 Å². The zero-order valence-electron chi connectivity index (χ0n) is 21.1. The fourth-order valence-corrected chi connectivity index (χ4v) is 4.75. The lowest BCUT2D eigenvalue weighted by atomic mass is 10.1. The predicted octanol–water partition coefficient (Wildman–Crippen LogP) is 4.51. The second-order valence-corrected chi connectivity index (χ2v) is 9.67. The highest BCUT2D eigenvalue weighted by atomic mass is 16.5. The Hall–Kier alpha value is -4.50. The smallest absolute Gasteiger partial charge is 0.258 e. The molecule has 0 aliphatic carbocycles. The summed E-state index contributed by atoms with van der Waals surface area (Å²) < 4.78 is 5.84. The number of para-hydroxylation sites is 1. The largest absolute Gasteiger partial charge is 0.484 e. The Kier molecular flexibility index (Phi) is 6.58. The Labute approximate surface area is 220 Å². The molecule has 0 radical (unpaired) electrons. The van der Waals surface area contributed by atoms with Crippen LogP contribution in [0.25, 0.3) is 33.2 Å². The normalized spacial score (nSPS) is 14.6. The lowest BCUT2D eigenvalue weighted by Gasteiger charge is -2.29. The summed E-state index contributed by atoms with van der Waals surface area (Å²) in [5.74, 6) is 1.76.